The van der Waals surface area contributed by atoms with E-state index in [0.29, 0.717) is 17.9 Å². The fraction of sp³-hybridized carbons (Fsp3) is 0.533. The van der Waals surface area contributed by atoms with E-state index in [0.717, 1.165) is 25.9 Å². The smallest absolute Gasteiger partial charge is 0.263 e. The lowest BCUT2D eigenvalue weighted by Gasteiger charge is -2.23. The van der Waals surface area contributed by atoms with Gasteiger partial charge in [-0.1, -0.05) is 19.1 Å². The maximum absolute atomic E-state index is 12.3. The zero-order valence-electron chi connectivity index (χ0n) is 11.6. The van der Waals surface area contributed by atoms with Gasteiger partial charge in [-0.15, -0.1) is 0 Å². The number of carbonyl (C=O) groups is 1. The highest BCUT2D eigenvalue weighted by atomic mass is 16.5. The van der Waals surface area contributed by atoms with Crippen molar-refractivity contribution in [3.8, 4) is 11.5 Å². The number of amides is 1. The van der Waals surface area contributed by atoms with Crippen LogP contribution in [0.15, 0.2) is 24.3 Å². The van der Waals surface area contributed by atoms with Gasteiger partial charge in [0.25, 0.3) is 5.91 Å². The van der Waals surface area contributed by atoms with Crippen LogP contribution in [0.25, 0.3) is 0 Å². The van der Waals surface area contributed by atoms with Crippen LogP contribution in [0.4, 0.5) is 0 Å². The molecule has 1 aliphatic rings. The SMILES string of the molecule is CC[C@@H](Oc1ccccc1OC)C(=O)N1CCCC1. The lowest BCUT2D eigenvalue weighted by atomic mass is 10.2. The van der Waals surface area contributed by atoms with Crippen molar-refractivity contribution in [2.45, 2.75) is 32.3 Å². The molecule has 1 fully saturated rings. The first-order valence-corrected chi connectivity index (χ1v) is 6.84. The summed E-state index contributed by atoms with van der Waals surface area (Å²) in [5.41, 5.74) is 0. The van der Waals surface area contributed by atoms with E-state index in [1.165, 1.54) is 0 Å². The minimum absolute atomic E-state index is 0.0888. The Bertz CT molecular complexity index is 427. The second-order valence-corrected chi connectivity index (χ2v) is 4.70. The standard InChI is InChI=1S/C15H21NO3/c1-3-12(15(17)16-10-6-7-11-16)19-14-9-5-4-8-13(14)18-2/h4-5,8-9,12H,3,6-7,10-11H2,1-2H3/t12-/m1/s1. The van der Waals surface area contributed by atoms with Crippen LogP contribution in [0, 0.1) is 0 Å². The summed E-state index contributed by atoms with van der Waals surface area (Å²) in [7, 11) is 1.60. The Kier molecular flexibility index (Phi) is 4.66. The lowest BCUT2D eigenvalue weighted by molar-refractivity contribution is -0.137. The van der Waals surface area contributed by atoms with Crippen LogP contribution in [0.3, 0.4) is 0 Å². The summed E-state index contributed by atoms with van der Waals surface area (Å²) in [5, 5.41) is 0. The lowest BCUT2D eigenvalue weighted by Crippen LogP contribution is -2.40. The van der Waals surface area contributed by atoms with E-state index in [-0.39, 0.29) is 5.91 Å². The largest absolute Gasteiger partial charge is 0.493 e. The second kappa shape index (κ2) is 6.45. The van der Waals surface area contributed by atoms with Crippen LogP contribution in [0.1, 0.15) is 26.2 Å². The molecule has 0 saturated carbocycles. The molecule has 104 valence electrons. The molecule has 0 aliphatic carbocycles. The summed E-state index contributed by atoms with van der Waals surface area (Å²) in [5.74, 6) is 1.38. The molecule has 0 bridgehead atoms. The number of hydrogen-bond acceptors (Lipinski definition) is 3. The molecule has 1 aromatic rings. The highest BCUT2D eigenvalue weighted by Crippen LogP contribution is 2.28. The average Bonchev–Trinajstić information content (AvgIpc) is 2.98. The molecule has 4 heteroatoms. The van der Waals surface area contributed by atoms with Gasteiger partial charge in [-0.3, -0.25) is 4.79 Å². The minimum atomic E-state index is -0.422. The van der Waals surface area contributed by atoms with Gasteiger partial charge < -0.3 is 14.4 Å². The van der Waals surface area contributed by atoms with Crippen molar-refractivity contribution < 1.29 is 14.3 Å². The Morgan fingerprint density at radius 2 is 1.89 bits per heavy atom. The number of hydrogen-bond donors (Lipinski definition) is 0. The second-order valence-electron chi connectivity index (χ2n) is 4.70. The first-order valence-electron chi connectivity index (χ1n) is 6.84. The van der Waals surface area contributed by atoms with Crippen molar-refractivity contribution in [3.63, 3.8) is 0 Å². The molecule has 1 saturated heterocycles. The van der Waals surface area contributed by atoms with Crippen molar-refractivity contribution in [1.82, 2.24) is 4.90 Å². The number of nitrogens with zero attached hydrogens (tertiary/aromatic N) is 1. The van der Waals surface area contributed by atoms with E-state index in [4.69, 9.17) is 9.47 Å². The first kappa shape index (κ1) is 13.7. The Morgan fingerprint density at radius 1 is 1.26 bits per heavy atom. The predicted molar refractivity (Wildman–Crippen MR) is 73.5 cm³/mol. The van der Waals surface area contributed by atoms with E-state index < -0.39 is 6.10 Å². The third-order valence-corrected chi connectivity index (χ3v) is 3.40. The highest BCUT2D eigenvalue weighted by Gasteiger charge is 2.27. The van der Waals surface area contributed by atoms with Gasteiger partial charge in [0.15, 0.2) is 17.6 Å². The molecule has 19 heavy (non-hydrogen) atoms. The van der Waals surface area contributed by atoms with Crippen LogP contribution in [0.5, 0.6) is 11.5 Å². The predicted octanol–water partition coefficient (Wildman–Crippen LogP) is 2.48. The fourth-order valence-electron chi connectivity index (χ4n) is 2.32. The average molecular weight is 263 g/mol. The van der Waals surface area contributed by atoms with Gasteiger partial charge in [0, 0.05) is 13.1 Å². The van der Waals surface area contributed by atoms with Crippen molar-refractivity contribution in [1.29, 1.82) is 0 Å². The Morgan fingerprint density at radius 3 is 2.47 bits per heavy atom. The number of likely N-dealkylation sites (tertiary alicyclic amines) is 1. The van der Waals surface area contributed by atoms with Gasteiger partial charge in [0.05, 0.1) is 7.11 Å². The summed E-state index contributed by atoms with van der Waals surface area (Å²) in [4.78, 5) is 14.2. The number of ether oxygens (including phenoxy) is 2. The third kappa shape index (κ3) is 3.19. The number of benzene rings is 1. The summed E-state index contributed by atoms with van der Waals surface area (Å²) >= 11 is 0. The van der Waals surface area contributed by atoms with E-state index >= 15 is 0 Å². The van der Waals surface area contributed by atoms with E-state index in [2.05, 4.69) is 0 Å². The number of methoxy groups -OCH3 is 1. The molecule has 0 unspecified atom stereocenters. The molecule has 0 radical (unpaired) electrons. The molecule has 0 aromatic heterocycles. The normalized spacial score (nSPS) is 16.2. The third-order valence-electron chi connectivity index (χ3n) is 3.40. The molecule has 1 aliphatic heterocycles. The summed E-state index contributed by atoms with van der Waals surface area (Å²) in [6, 6.07) is 7.43. The monoisotopic (exact) mass is 263 g/mol. The van der Waals surface area contributed by atoms with Crippen LogP contribution < -0.4 is 9.47 Å². The molecule has 2 rings (SSSR count). The maximum atomic E-state index is 12.3. The van der Waals surface area contributed by atoms with Crippen LogP contribution in [0.2, 0.25) is 0 Å². The van der Waals surface area contributed by atoms with Gasteiger partial charge in [-0.05, 0) is 31.4 Å². The fourth-order valence-corrected chi connectivity index (χ4v) is 2.32. The Balaban J connectivity index is 2.07. The Hall–Kier alpha value is -1.71. The summed E-state index contributed by atoms with van der Waals surface area (Å²) in [6.45, 7) is 3.67. The van der Waals surface area contributed by atoms with E-state index in [1.807, 2.05) is 36.1 Å². The molecule has 0 spiro atoms. The van der Waals surface area contributed by atoms with Crippen molar-refractivity contribution >= 4 is 5.91 Å². The first-order chi connectivity index (χ1) is 9.26. The van der Waals surface area contributed by atoms with Crippen molar-refractivity contribution in [2.75, 3.05) is 20.2 Å². The molecule has 1 aromatic carbocycles. The molecular formula is C15H21NO3. The van der Waals surface area contributed by atoms with Gasteiger partial charge in [-0.2, -0.15) is 0 Å². The summed E-state index contributed by atoms with van der Waals surface area (Å²) < 4.78 is 11.1. The molecule has 1 amide bonds. The van der Waals surface area contributed by atoms with Gasteiger partial charge >= 0.3 is 0 Å². The van der Waals surface area contributed by atoms with E-state index in [1.54, 1.807) is 7.11 Å². The minimum Gasteiger partial charge on any atom is -0.493 e. The molecule has 4 nitrogen and oxygen atoms in total. The zero-order chi connectivity index (χ0) is 13.7. The van der Waals surface area contributed by atoms with Crippen molar-refractivity contribution in [3.05, 3.63) is 24.3 Å². The number of carbonyl (C=O) groups excluding carboxylic acids is 1. The number of rotatable bonds is 5. The maximum Gasteiger partial charge on any atom is 0.263 e. The molecule has 0 N–H and O–H groups in total. The summed E-state index contributed by atoms with van der Waals surface area (Å²) in [6.07, 6.45) is 2.43. The van der Waals surface area contributed by atoms with Crippen molar-refractivity contribution in [2.24, 2.45) is 0 Å². The zero-order valence-corrected chi connectivity index (χ0v) is 11.6. The quantitative estimate of drug-likeness (QED) is 0.819. The van der Waals surface area contributed by atoms with Crippen LogP contribution in [-0.2, 0) is 4.79 Å². The van der Waals surface area contributed by atoms with Gasteiger partial charge in [0.1, 0.15) is 0 Å². The van der Waals surface area contributed by atoms with Gasteiger partial charge in [0.2, 0.25) is 0 Å². The van der Waals surface area contributed by atoms with Crippen LogP contribution >= 0.6 is 0 Å². The molecular weight excluding hydrogens is 242 g/mol. The Labute approximate surface area is 114 Å². The van der Waals surface area contributed by atoms with E-state index in [9.17, 15) is 4.79 Å². The van der Waals surface area contributed by atoms with Gasteiger partial charge in [-0.25, -0.2) is 0 Å². The molecule has 1 heterocycles. The highest BCUT2D eigenvalue weighted by molar-refractivity contribution is 5.81. The number of para-hydroxylation sites is 2. The van der Waals surface area contributed by atoms with Crippen LogP contribution in [-0.4, -0.2) is 37.1 Å². The topological polar surface area (TPSA) is 38.8 Å². The molecule has 1 atom stereocenters.